The Kier molecular flexibility index (Phi) is 3.97. The molecule has 0 N–H and O–H groups in total. The van der Waals surface area contributed by atoms with Gasteiger partial charge in [-0.05, 0) is 44.0 Å². The molecule has 3 aromatic heterocycles. The van der Waals surface area contributed by atoms with Crippen LogP contribution in [0.15, 0.2) is 49.1 Å². The number of carbonyl (C=O) groups is 1. The Balaban J connectivity index is 1.57. The van der Waals surface area contributed by atoms with E-state index in [9.17, 15) is 4.79 Å². The van der Waals surface area contributed by atoms with Crippen molar-refractivity contribution in [3.63, 3.8) is 0 Å². The zero-order chi connectivity index (χ0) is 17.2. The van der Waals surface area contributed by atoms with Gasteiger partial charge in [0, 0.05) is 31.3 Å². The Morgan fingerprint density at radius 1 is 1.20 bits per heavy atom. The van der Waals surface area contributed by atoms with E-state index in [2.05, 4.69) is 20.1 Å². The normalized spacial score (nSPS) is 17.0. The number of hydrogen-bond donors (Lipinski definition) is 0. The molecule has 4 rings (SSSR count). The lowest BCUT2D eigenvalue weighted by atomic mass is 10.1. The molecule has 25 heavy (non-hydrogen) atoms. The first-order valence-electron chi connectivity index (χ1n) is 8.29. The molecule has 7 nitrogen and oxygen atoms in total. The highest BCUT2D eigenvalue weighted by atomic mass is 16.2. The summed E-state index contributed by atoms with van der Waals surface area (Å²) in [5, 5.41) is 4.14. The number of aromatic nitrogens is 5. The topological polar surface area (TPSA) is 76.8 Å². The van der Waals surface area contributed by atoms with Gasteiger partial charge in [-0.2, -0.15) is 5.10 Å². The predicted molar refractivity (Wildman–Crippen MR) is 91.1 cm³/mol. The van der Waals surface area contributed by atoms with Crippen molar-refractivity contribution in [3.8, 4) is 5.82 Å². The molecule has 1 amide bonds. The lowest BCUT2D eigenvalue weighted by Crippen LogP contribution is -2.31. The van der Waals surface area contributed by atoms with Gasteiger partial charge >= 0.3 is 0 Å². The molecule has 4 heterocycles. The molecule has 1 atom stereocenters. The number of pyridine rings is 1. The average molecular weight is 334 g/mol. The van der Waals surface area contributed by atoms with Gasteiger partial charge in [0.1, 0.15) is 5.82 Å². The fourth-order valence-electron chi connectivity index (χ4n) is 3.20. The Labute approximate surface area is 145 Å². The molecule has 0 aliphatic carbocycles. The molecule has 1 aliphatic rings. The van der Waals surface area contributed by atoms with Crippen LogP contribution >= 0.6 is 0 Å². The van der Waals surface area contributed by atoms with Crippen LogP contribution < -0.4 is 0 Å². The molecule has 0 radical (unpaired) electrons. The first kappa shape index (κ1) is 15.4. The third-order valence-corrected chi connectivity index (χ3v) is 4.39. The van der Waals surface area contributed by atoms with E-state index in [1.165, 1.54) is 0 Å². The van der Waals surface area contributed by atoms with Crippen molar-refractivity contribution in [1.82, 2.24) is 29.6 Å². The van der Waals surface area contributed by atoms with Crippen molar-refractivity contribution in [2.45, 2.75) is 25.8 Å². The first-order chi connectivity index (χ1) is 12.2. The minimum absolute atomic E-state index is 0.00000745. The maximum atomic E-state index is 12.9. The number of hydrogen-bond acceptors (Lipinski definition) is 5. The summed E-state index contributed by atoms with van der Waals surface area (Å²) in [5.74, 6) is 1.39. The summed E-state index contributed by atoms with van der Waals surface area (Å²) < 4.78 is 1.66. The van der Waals surface area contributed by atoms with Crippen molar-refractivity contribution in [2.24, 2.45) is 0 Å². The van der Waals surface area contributed by atoms with E-state index in [-0.39, 0.29) is 11.9 Å². The maximum absolute atomic E-state index is 12.9. The third kappa shape index (κ3) is 3.00. The van der Waals surface area contributed by atoms with E-state index in [1.807, 2.05) is 30.2 Å². The van der Waals surface area contributed by atoms with Gasteiger partial charge in [-0.15, -0.1) is 0 Å². The quantitative estimate of drug-likeness (QED) is 0.735. The molecule has 7 heteroatoms. The van der Waals surface area contributed by atoms with E-state index in [4.69, 9.17) is 0 Å². The SMILES string of the molecule is Cc1nccc([C@@H]2CCCN2C(=O)c2ccc(-n3cccn3)nc2)n1. The highest BCUT2D eigenvalue weighted by Gasteiger charge is 2.31. The Morgan fingerprint density at radius 3 is 2.84 bits per heavy atom. The van der Waals surface area contributed by atoms with Crippen molar-refractivity contribution in [1.29, 1.82) is 0 Å². The van der Waals surface area contributed by atoms with Crippen LogP contribution in [0, 0.1) is 6.92 Å². The molecule has 1 fully saturated rings. The molecular weight excluding hydrogens is 316 g/mol. The number of carbonyl (C=O) groups excluding carboxylic acids is 1. The number of nitrogens with zero attached hydrogens (tertiary/aromatic N) is 6. The molecule has 1 aliphatic heterocycles. The molecular formula is C18H18N6O. The van der Waals surface area contributed by atoms with E-state index >= 15 is 0 Å². The smallest absolute Gasteiger partial charge is 0.255 e. The van der Waals surface area contributed by atoms with Gasteiger partial charge < -0.3 is 4.90 Å². The highest BCUT2D eigenvalue weighted by molar-refractivity contribution is 5.94. The van der Waals surface area contributed by atoms with Gasteiger partial charge in [0.25, 0.3) is 5.91 Å². The molecule has 3 aromatic rings. The van der Waals surface area contributed by atoms with Gasteiger partial charge in [-0.3, -0.25) is 4.79 Å². The fourth-order valence-corrected chi connectivity index (χ4v) is 3.20. The summed E-state index contributed by atoms with van der Waals surface area (Å²) in [6.07, 6.45) is 8.76. The van der Waals surface area contributed by atoms with E-state index in [0.29, 0.717) is 11.4 Å². The highest BCUT2D eigenvalue weighted by Crippen LogP contribution is 2.31. The minimum atomic E-state index is -0.0155. The monoisotopic (exact) mass is 334 g/mol. The molecule has 0 spiro atoms. The van der Waals surface area contributed by atoms with Crippen molar-refractivity contribution >= 4 is 5.91 Å². The third-order valence-electron chi connectivity index (χ3n) is 4.39. The number of rotatable bonds is 3. The molecule has 0 unspecified atom stereocenters. The Morgan fingerprint density at radius 2 is 2.12 bits per heavy atom. The van der Waals surface area contributed by atoms with Crippen LogP contribution in [-0.2, 0) is 0 Å². The van der Waals surface area contributed by atoms with E-state index in [0.717, 1.165) is 30.9 Å². The summed E-state index contributed by atoms with van der Waals surface area (Å²) in [5.41, 5.74) is 1.48. The van der Waals surface area contributed by atoms with Crippen LogP contribution in [0.25, 0.3) is 5.82 Å². The second kappa shape index (κ2) is 6.43. The van der Waals surface area contributed by atoms with Crippen LogP contribution in [0.1, 0.15) is 40.8 Å². The Bertz CT molecular complexity index is 875. The van der Waals surface area contributed by atoms with Gasteiger partial charge in [-0.25, -0.2) is 19.6 Å². The second-order valence-corrected chi connectivity index (χ2v) is 6.04. The minimum Gasteiger partial charge on any atom is -0.330 e. The largest absolute Gasteiger partial charge is 0.330 e. The van der Waals surface area contributed by atoms with E-state index < -0.39 is 0 Å². The van der Waals surface area contributed by atoms with Crippen molar-refractivity contribution in [3.05, 3.63) is 66.1 Å². The van der Waals surface area contributed by atoms with Crippen LogP contribution in [-0.4, -0.2) is 42.1 Å². The van der Waals surface area contributed by atoms with E-state index in [1.54, 1.807) is 35.4 Å². The zero-order valence-electron chi connectivity index (χ0n) is 13.9. The molecule has 1 saturated heterocycles. The molecule has 126 valence electrons. The lowest BCUT2D eigenvalue weighted by molar-refractivity contribution is 0.0732. The van der Waals surface area contributed by atoms with Crippen LogP contribution in [0.2, 0.25) is 0 Å². The van der Waals surface area contributed by atoms with Crippen LogP contribution in [0.4, 0.5) is 0 Å². The first-order valence-corrected chi connectivity index (χ1v) is 8.29. The van der Waals surface area contributed by atoms with Gasteiger partial charge in [0.05, 0.1) is 17.3 Å². The number of aryl methyl sites for hydroxylation is 1. The van der Waals surface area contributed by atoms with Crippen LogP contribution in [0.3, 0.4) is 0 Å². The van der Waals surface area contributed by atoms with Gasteiger partial charge in [0.15, 0.2) is 5.82 Å². The maximum Gasteiger partial charge on any atom is 0.255 e. The predicted octanol–water partition coefficient (Wildman–Crippen LogP) is 2.34. The molecule has 0 aromatic carbocycles. The summed E-state index contributed by atoms with van der Waals surface area (Å²) >= 11 is 0. The average Bonchev–Trinajstić information content (AvgIpc) is 3.33. The van der Waals surface area contributed by atoms with Crippen LogP contribution in [0.5, 0.6) is 0 Å². The summed E-state index contributed by atoms with van der Waals surface area (Å²) in [6.45, 7) is 2.59. The van der Waals surface area contributed by atoms with Gasteiger partial charge in [0.2, 0.25) is 0 Å². The molecule has 0 saturated carbocycles. The molecule has 0 bridgehead atoms. The standard InChI is InChI=1S/C18H18N6O/c1-13-19-9-7-15(22-13)16-4-2-10-23(16)18(25)14-5-6-17(20-12-14)24-11-3-8-21-24/h3,5-9,11-12,16H,2,4,10H2,1H3/t16-/m0/s1. The summed E-state index contributed by atoms with van der Waals surface area (Å²) in [4.78, 5) is 27.8. The van der Waals surface area contributed by atoms with Gasteiger partial charge in [-0.1, -0.05) is 0 Å². The fraction of sp³-hybridized carbons (Fsp3) is 0.278. The zero-order valence-corrected chi connectivity index (χ0v) is 13.9. The lowest BCUT2D eigenvalue weighted by Gasteiger charge is -2.24. The second-order valence-electron chi connectivity index (χ2n) is 6.04. The van der Waals surface area contributed by atoms with Crippen molar-refractivity contribution < 1.29 is 4.79 Å². The Hall–Kier alpha value is -3.09. The summed E-state index contributed by atoms with van der Waals surface area (Å²) in [6, 6.07) is 7.33. The van der Waals surface area contributed by atoms with Crippen molar-refractivity contribution in [2.75, 3.05) is 6.54 Å². The number of likely N-dealkylation sites (tertiary alicyclic amines) is 1. The summed E-state index contributed by atoms with van der Waals surface area (Å²) in [7, 11) is 0. The number of amides is 1.